The molecular formula is C28H25BrN4O4. The maximum absolute atomic E-state index is 13.8. The summed E-state index contributed by atoms with van der Waals surface area (Å²) in [5.41, 5.74) is 3.97. The van der Waals surface area contributed by atoms with Gasteiger partial charge in [0.25, 0.3) is 11.6 Å². The van der Waals surface area contributed by atoms with Crippen LogP contribution in [-0.4, -0.2) is 53.5 Å². The highest BCUT2D eigenvalue weighted by atomic mass is 79.9. The first-order valence-electron chi connectivity index (χ1n) is 12.0. The van der Waals surface area contributed by atoms with Gasteiger partial charge < -0.3 is 14.5 Å². The summed E-state index contributed by atoms with van der Waals surface area (Å²) < 4.78 is 6.44. The van der Waals surface area contributed by atoms with Crippen LogP contribution in [0.2, 0.25) is 0 Å². The lowest BCUT2D eigenvalue weighted by molar-refractivity contribution is -0.384. The number of amides is 1. The average Bonchev–Trinajstić information content (AvgIpc) is 2.93. The lowest BCUT2D eigenvalue weighted by Crippen LogP contribution is -2.48. The second-order valence-corrected chi connectivity index (χ2v) is 9.64. The van der Waals surface area contributed by atoms with E-state index in [9.17, 15) is 14.9 Å². The highest BCUT2D eigenvalue weighted by Crippen LogP contribution is 2.30. The minimum Gasteiger partial charge on any atom is -0.494 e. The number of hydrogen-bond acceptors (Lipinski definition) is 6. The van der Waals surface area contributed by atoms with Gasteiger partial charge >= 0.3 is 0 Å². The van der Waals surface area contributed by atoms with Gasteiger partial charge in [0.2, 0.25) is 0 Å². The first-order chi connectivity index (χ1) is 17.9. The lowest BCUT2D eigenvalue weighted by atomic mass is 10.0. The van der Waals surface area contributed by atoms with Crippen LogP contribution in [0.3, 0.4) is 0 Å². The fourth-order valence-corrected chi connectivity index (χ4v) is 4.90. The first kappa shape index (κ1) is 24.7. The van der Waals surface area contributed by atoms with Crippen molar-refractivity contribution in [2.45, 2.75) is 6.92 Å². The van der Waals surface area contributed by atoms with Crippen LogP contribution < -0.4 is 9.64 Å². The van der Waals surface area contributed by atoms with E-state index in [0.717, 1.165) is 38.1 Å². The Bertz CT molecular complexity index is 1450. The number of fused-ring (bicyclic) bond motifs is 1. The molecule has 0 radical (unpaired) electrons. The molecule has 0 atom stereocenters. The Morgan fingerprint density at radius 1 is 1.00 bits per heavy atom. The minimum absolute atomic E-state index is 0.0407. The Hall–Kier alpha value is -3.98. The van der Waals surface area contributed by atoms with Crippen LogP contribution in [0.1, 0.15) is 17.3 Å². The Morgan fingerprint density at radius 3 is 2.35 bits per heavy atom. The summed E-state index contributed by atoms with van der Waals surface area (Å²) in [5.74, 6) is 0.749. The SMILES string of the molecule is CCOc1ccc(-c2cc(C(=O)N3CCN(c4ccc([N+](=O)[O-])cc4)CC3)c3cc(Br)ccc3n2)cc1. The number of benzene rings is 3. The van der Waals surface area contributed by atoms with Gasteiger partial charge in [-0.3, -0.25) is 14.9 Å². The summed E-state index contributed by atoms with van der Waals surface area (Å²) in [6, 6.07) is 21.9. The van der Waals surface area contributed by atoms with Crippen molar-refractivity contribution in [3.05, 3.63) is 92.9 Å². The number of nitro benzene ring substituents is 1. The Morgan fingerprint density at radius 2 is 1.70 bits per heavy atom. The molecule has 1 fully saturated rings. The van der Waals surface area contributed by atoms with Crippen molar-refractivity contribution in [2.75, 3.05) is 37.7 Å². The second-order valence-electron chi connectivity index (χ2n) is 8.73. The third-order valence-electron chi connectivity index (χ3n) is 6.45. The van der Waals surface area contributed by atoms with Crippen LogP contribution in [0, 0.1) is 10.1 Å². The molecule has 0 spiro atoms. The summed E-state index contributed by atoms with van der Waals surface area (Å²) in [5, 5.41) is 11.7. The number of halogens is 1. The van der Waals surface area contributed by atoms with Crippen molar-refractivity contribution in [1.82, 2.24) is 9.88 Å². The van der Waals surface area contributed by atoms with Gasteiger partial charge in [0.15, 0.2) is 0 Å². The number of nitrogens with zero attached hydrogens (tertiary/aromatic N) is 4. The molecule has 0 saturated carbocycles. The number of aromatic nitrogens is 1. The molecule has 1 aliphatic heterocycles. The fraction of sp³-hybridized carbons (Fsp3) is 0.214. The number of pyridine rings is 1. The van der Waals surface area contributed by atoms with Gasteiger partial charge in [0.1, 0.15) is 5.75 Å². The van der Waals surface area contributed by atoms with Crippen molar-refractivity contribution < 1.29 is 14.5 Å². The van der Waals surface area contributed by atoms with Crippen LogP contribution in [0.5, 0.6) is 5.75 Å². The summed E-state index contributed by atoms with van der Waals surface area (Å²) in [6.45, 7) is 4.92. The molecule has 1 saturated heterocycles. The van der Waals surface area contributed by atoms with Crippen LogP contribution in [-0.2, 0) is 0 Å². The summed E-state index contributed by atoms with van der Waals surface area (Å²) >= 11 is 3.53. The number of hydrogen-bond donors (Lipinski definition) is 0. The number of piperazine rings is 1. The minimum atomic E-state index is -0.403. The molecule has 0 unspecified atom stereocenters. The van der Waals surface area contributed by atoms with Gasteiger partial charge in [-0.15, -0.1) is 0 Å². The van der Waals surface area contributed by atoms with Crippen LogP contribution >= 0.6 is 15.9 Å². The number of rotatable bonds is 6. The van der Waals surface area contributed by atoms with Gasteiger partial charge in [-0.1, -0.05) is 15.9 Å². The maximum Gasteiger partial charge on any atom is 0.269 e. The topological polar surface area (TPSA) is 88.8 Å². The van der Waals surface area contributed by atoms with Gasteiger partial charge in [-0.05, 0) is 67.6 Å². The number of anilines is 1. The third kappa shape index (κ3) is 5.27. The molecule has 1 aromatic heterocycles. The first-order valence-corrected chi connectivity index (χ1v) is 12.8. The number of nitro groups is 1. The van der Waals surface area contributed by atoms with E-state index in [4.69, 9.17) is 9.72 Å². The predicted octanol–water partition coefficient (Wildman–Crippen LogP) is 5.93. The normalized spacial score (nSPS) is 13.6. The molecule has 9 heteroatoms. The van der Waals surface area contributed by atoms with E-state index < -0.39 is 4.92 Å². The molecule has 188 valence electrons. The molecule has 3 aromatic carbocycles. The zero-order chi connectivity index (χ0) is 25.9. The van der Waals surface area contributed by atoms with E-state index in [-0.39, 0.29) is 11.6 Å². The number of non-ortho nitro benzene ring substituents is 1. The smallest absolute Gasteiger partial charge is 0.269 e. The molecule has 2 heterocycles. The standard InChI is InChI=1S/C28H25BrN4O4/c1-2-37-23-10-3-19(4-11-23)27-18-25(24-17-20(29)5-12-26(24)30-27)28(34)32-15-13-31(14-16-32)21-6-8-22(9-7-21)33(35)36/h3-12,17-18H,2,13-16H2,1H3. The quantitative estimate of drug-likeness (QED) is 0.214. The van der Waals surface area contributed by atoms with E-state index in [1.807, 2.05) is 60.4 Å². The fourth-order valence-electron chi connectivity index (χ4n) is 4.53. The van der Waals surface area contributed by atoms with Crippen LogP contribution in [0.25, 0.3) is 22.2 Å². The Balaban J connectivity index is 1.40. The van der Waals surface area contributed by atoms with E-state index >= 15 is 0 Å². The van der Waals surface area contributed by atoms with E-state index in [0.29, 0.717) is 38.3 Å². The number of carbonyl (C=O) groups excluding carboxylic acids is 1. The monoisotopic (exact) mass is 560 g/mol. The Kier molecular flexibility index (Phi) is 7.05. The molecule has 5 rings (SSSR count). The highest BCUT2D eigenvalue weighted by Gasteiger charge is 2.25. The van der Waals surface area contributed by atoms with Crippen molar-refractivity contribution >= 4 is 44.1 Å². The zero-order valence-corrected chi connectivity index (χ0v) is 21.8. The molecule has 0 aliphatic carbocycles. The summed E-state index contributed by atoms with van der Waals surface area (Å²) in [4.78, 5) is 33.2. The largest absolute Gasteiger partial charge is 0.494 e. The second kappa shape index (κ2) is 10.6. The van der Waals surface area contributed by atoms with Crippen molar-refractivity contribution in [3.63, 3.8) is 0 Å². The van der Waals surface area contributed by atoms with Crippen LogP contribution in [0.15, 0.2) is 77.3 Å². The molecule has 37 heavy (non-hydrogen) atoms. The van der Waals surface area contributed by atoms with E-state index in [1.54, 1.807) is 12.1 Å². The number of carbonyl (C=O) groups is 1. The van der Waals surface area contributed by atoms with Gasteiger partial charge in [-0.25, -0.2) is 4.98 Å². The van der Waals surface area contributed by atoms with Crippen molar-refractivity contribution in [3.8, 4) is 17.0 Å². The maximum atomic E-state index is 13.8. The van der Waals surface area contributed by atoms with Gasteiger partial charge in [0.05, 0.1) is 28.3 Å². The molecule has 0 N–H and O–H groups in total. The van der Waals surface area contributed by atoms with Crippen molar-refractivity contribution in [1.29, 1.82) is 0 Å². The summed E-state index contributed by atoms with van der Waals surface area (Å²) in [7, 11) is 0. The number of ether oxygens (including phenoxy) is 1. The molecule has 1 amide bonds. The molecule has 8 nitrogen and oxygen atoms in total. The van der Waals surface area contributed by atoms with Crippen molar-refractivity contribution in [2.24, 2.45) is 0 Å². The van der Waals surface area contributed by atoms with E-state index in [2.05, 4.69) is 20.8 Å². The Labute approximate surface area is 222 Å². The predicted molar refractivity (Wildman–Crippen MR) is 147 cm³/mol. The van der Waals surface area contributed by atoms with E-state index in [1.165, 1.54) is 12.1 Å². The summed E-state index contributed by atoms with van der Waals surface area (Å²) in [6.07, 6.45) is 0. The third-order valence-corrected chi connectivity index (χ3v) is 6.95. The zero-order valence-electron chi connectivity index (χ0n) is 20.3. The highest BCUT2D eigenvalue weighted by molar-refractivity contribution is 9.10. The van der Waals surface area contributed by atoms with Gasteiger partial charge in [-0.2, -0.15) is 0 Å². The van der Waals surface area contributed by atoms with Crippen LogP contribution in [0.4, 0.5) is 11.4 Å². The van der Waals surface area contributed by atoms with Gasteiger partial charge in [0, 0.05) is 59.4 Å². The molecule has 1 aliphatic rings. The molecular weight excluding hydrogens is 536 g/mol. The molecule has 0 bridgehead atoms. The molecule has 4 aromatic rings. The lowest BCUT2D eigenvalue weighted by Gasteiger charge is -2.36. The average molecular weight is 561 g/mol.